The first-order valence-corrected chi connectivity index (χ1v) is 8.64. The van der Waals surface area contributed by atoms with Gasteiger partial charge in [-0.05, 0) is 38.5 Å². The highest BCUT2D eigenvalue weighted by Crippen LogP contribution is 2.28. The van der Waals surface area contributed by atoms with Crippen molar-refractivity contribution >= 4 is 17.2 Å². The second kappa shape index (κ2) is 6.72. The largest absolute Gasteiger partial charge is 0.491 e. The standard InChI is InChI=1S/C18H22N2O2S/c1-13-6-7-16-14(9-13)10-20(15(12-22-16)11-19(2)3)18(21)17-5-4-8-23-17/h4-9,15H,10-12H2,1-3H3/t15-/m0/s1. The van der Waals surface area contributed by atoms with E-state index in [-0.39, 0.29) is 11.9 Å². The summed E-state index contributed by atoms with van der Waals surface area (Å²) in [6.07, 6.45) is 0. The van der Waals surface area contributed by atoms with Gasteiger partial charge in [-0.2, -0.15) is 0 Å². The van der Waals surface area contributed by atoms with Crippen LogP contribution in [0.1, 0.15) is 20.8 Å². The van der Waals surface area contributed by atoms with Crippen molar-refractivity contribution in [3.63, 3.8) is 0 Å². The van der Waals surface area contributed by atoms with Crippen LogP contribution in [0.3, 0.4) is 0 Å². The van der Waals surface area contributed by atoms with Crippen LogP contribution in [0.2, 0.25) is 0 Å². The fourth-order valence-electron chi connectivity index (χ4n) is 2.91. The van der Waals surface area contributed by atoms with Gasteiger partial charge in [0.25, 0.3) is 5.91 Å². The van der Waals surface area contributed by atoms with Crippen LogP contribution in [0.15, 0.2) is 35.7 Å². The third kappa shape index (κ3) is 3.57. The summed E-state index contributed by atoms with van der Waals surface area (Å²) in [7, 11) is 4.05. The highest BCUT2D eigenvalue weighted by Gasteiger charge is 2.30. The number of ether oxygens (including phenoxy) is 1. The van der Waals surface area contributed by atoms with E-state index in [1.54, 1.807) is 0 Å². The van der Waals surface area contributed by atoms with Crippen molar-refractivity contribution in [2.75, 3.05) is 27.2 Å². The number of carbonyl (C=O) groups excluding carboxylic acids is 1. The third-order valence-corrected chi connectivity index (χ3v) is 4.86. The molecule has 1 aliphatic rings. The quantitative estimate of drug-likeness (QED) is 0.867. The van der Waals surface area contributed by atoms with Crippen LogP contribution in [0.4, 0.5) is 0 Å². The molecule has 0 bridgehead atoms. The normalized spacial score (nSPS) is 17.6. The number of thiophene rings is 1. The summed E-state index contributed by atoms with van der Waals surface area (Å²) in [5.74, 6) is 0.977. The van der Waals surface area contributed by atoms with E-state index < -0.39 is 0 Å². The molecule has 1 atom stereocenters. The Labute approximate surface area is 141 Å². The van der Waals surface area contributed by atoms with Gasteiger partial charge in [-0.1, -0.05) is 23.8 Å². The molecule has 2 aromatic rings. The number of benzene rings is 1. The molecule has 0 unspecified atom stereocenters. The van der Waals surface area contributed by atoms with E-state index >= 15 is 0 Å². The van der Waals surface area contributed by atoms with Gasteiger partial charge in [-0.15, -0.1) is 11.3 Å². The first-order chi connectivity index (χ1) is 11.0. The van der Waals surface area contributed by atoms with Crippen molar-refractivity contribution in [2.45, 2.75) is 19.5 Å². The van der Waals surface area contributed by atoms with Crippen LogP contribution in [0.5, 0.6) is 5.75 Å². The zero-order valence-electron chi connectivity index (χ0n) is 13.8. The molecule has 0 spiro atoms. The zero-order valence-corrected chi connectivity index (χ0v) is 14.6. The molecule has 1 amide bonds. The summed E-state index contributed by atoms with van der Waals surface area (Å²) in [6, 6.07) is 10.0. The van der Waals surface area contributed by atoms with E-state index in [2.05, 4.69) is 24.0 Å². The Morgan fingerprint density at radius 2 is 2.22 bits per heavy atom. The Morgan fingerprint density at radius 3 is 2.91 bits per heavy atom. The monoisotopic (exact) mass is 330 g/mol. The Bertz CT molecular complexity index is 682. The van der Waals surface area contributed by atoms with Crippen LogP contribution >= 0.6 is 11.3 Å². The molecule has 0 radical (unpaired) electrons. The average molecular weight is 330 g/mol. The fourth-order valence-corrected chi connectivity index (χ4v) is 3.59. The van der Waals surface area contributed by atoms with E-state index in [9.17, 15) is 4.79 Å². The number of aryl methyl sites for hydroxylation is 1. The lowest BCUT2D eigenvalue weighted by molar-refractivity contribution is 0.0588. The van der Waals surface area contributed by atoms with Crippen LogP contribution in [-0.4, -0.2) is 49.0 Å². The molecular weight excluding hydrogens is 308 g/mol. The molecular formula is C18H22N2O2S. The summed E-state index contributed by atoms with van der Waals surface area (Å²) < 4.78 is 6.00. The lowest BCUT2D eigenvalue weighted by Crippen LogP contribution is -2.47. The van der Waals surface area contributed by atoms with Crippen molar-refractivity contribution in [3.05, 3.63) is 51.7 Å². The zero-order chi connectivity index (χ0) is 16.4. The second-order valence-corrected chi connectivity index (χ2v) is 7.20. The van der Waals surface area contributed by atoms with E-state index in [0.717, 1.165) is 22.7 Å². The Hall–Kier alpha value is -1.85. The predicted octanol–water partition coefficient (Wildman–Crippen LogP) is 3.02. The maximum atomic E-state index is 13.0. The van der Waals surface area contributed by atoms with Gasteiger partial charge in [0.1, 0.15) is 12.4 Å². The molecule has 3 rings (SSSR count). The SMILES string of the molecule is Cc1ccc2c(c1)CN(C(=O)c1cccs1)[C@@H](CN(C)C)CO2. The molecule has 1 aliphatic heterocycles. The molecule has 23 heavy (non-hydrogen) atoms. The first-order valence-electron chi connectivity index (χ1n) is 7.76. The molecule has 0 fully saturated rings. The predicted molar refractivity (Wildman–Crippen MR) is 93.2 cm³/mol. The highest BCUT2D eigenvalue weighted by atomic mass is 32.1. The number of hydrogen-bond donors (Lipinski definition) is 0. The number of fused-ring (bicyclic) bond motifs is 1. The number of nitrogens with zero attached hydrogens (tertiary/aromatic N) is 2. The summed E-state index contributed by atoms with van der Waals surface area (Å²) in [6.45, 7) is 3.95. The van der Waals surface area contributed by atoms with Crippen molar-refractivity contribution in [1.29, 1.82) is 0 Å². The van der Waals surface area contributed by atoms with Gasteiger partial charge in [0, 0.05) is 12.1 Å². The second-order valence-electron chi connectivity index (χ2n) is 6.25. The van der Waals surface area contributed by atoms with Gasteiger partial charge in [0.05, 0.1) is 17.5 Å². The molecule has 5 heteroatoms. The van der Waals surface area contributed by atoms with E-state index in [1.807, 2.05) is 42.6 Å². The first kappa shape index (κ1) is 16.0. The van der Waals surface area contributed by atoms with Crippen molar-refractivity contribution in [1.82, 2.24) is 9.80 Å². The number of amides is 1. The van der Waals surface area contributed by atoms with Crippen molar-refractivity contribution < 1.29 is 9.53 Å². The molecule has 1 aromatic carbocycles. The van der Waals surface area contributed by atoms with E-state index in [1.165, 1.54) is 16.9 Å². The minimum absolute atomic E-state index is 0.0345. The number of rotatable bonds is 3. The van der Waals surface area contributed by atoms with Crippen molar-refractivity contribution in [2.24, 2.45) is 0 Å². The average Bonchev–Trinajstić information content (AvgIpc) is 2.98. The smallest absolute Gasteiger partial charge is 0.264 e. The number of likely N-dealkylation sites (N-methyl/N-ethyl adjacent to an activating group) is 1. The molecule has 122 valence electrons. The minimum Gasteiger partial charge on any atom is -0.491 e. The highest BCUT2D eigenvalue weighted by molar-refractivity contribution is 7.12. The molecule has 2 heterocycles. The van der Waals surface area contributed by atoms with Gasteiger partial charge < -0.3 is 14.5 Å². The summed E-state index contributed by atoms with van der Waals surface area (Å²) in [4.78, 5) is 17.8. The molecule has 0 saturated heterocycles. The van der Waals surface area contributed by atoms with Gasteiger partial charge in [0.2, 0.25) is 0 Å². The summed E-state index contributed by atoms with van der Waals surface area (Å²) in [5, 5.41) is 1.95. The van der Waals surface area contributed by atoms with Crippen LogP contribution < -0.4 is 4.74 Å². The summed E-state index contributed by atoms with van der Waals surface area (Å²) >= 11 is 1.49. The van der Waals surface area contributed by atoms with E-state index in [0.29, 0.717) is 13.2 Å². The van der Waals surface area contributed by atoms with Crippen LogP contribution in [0, 0.1) is 6.92 Å². The lowest BCUT2D eigenvalue weighted by Gasteiger charge is -2.31. The maximum absolute atomic E-state index is 13.0. The Balaban J connectivity index is 1.94. The topological polar surface area (TPSA) is 32.8 Å². The molecule has 0 saturated carbocycles. The van der Waals surface area contributed by atoms with Crippen molar-refractivity contribution in [3.8, 4) is 5.75 Å². The summed E-state index contributed by atoms with van der Waals surface area (Å²) in [5.41, 5.74) is 2.26. The minimum atomic E-state index is 0.0345. The number of carbonyl (C=O) groups is 1. The Morgan fingerprint density at radius 1 is 1.39 bits per heavy atom. The molecule has 1 aromatic heterocycles. The maximum Gasteiger partial charge on any atom is 0.264 e. The van der Waals surface area contributed by atoms with Gasteiger partial charge in [-0.3, -0.25) is 4.79 Å². The number of hydrogen-bond acceptors (Lipinski definition) is 4. The van der Waals surface area contributed by atoms with Gasteiger partial charge in [0.15, 0.2) is 0 Å². The van der Waals surface area contributed by atoms with Crippen LogP contribution in [-0.2, 0) is 6.54 Å². The third-order valence-electron chi connectivity index (χ3n) is 4.00. The Kier molecular flexibility index (Phi) is 4.68. The van der Waals surface area contributed by atoms with Gasteiger partial charge >= 0.3 is 0 Å². The molecule has 4 nitrogen and oxygen atoms in total. The molecule has 0 aliphatic carbocycles. The van der Waals surface area contributed by atoms with Gasteiger partial charge in [-0.25, -0.2) is 0 Å². The lowest BCUT2D eigenvalue weighted by atomic mass is 10.1. The fraction of sp³-hybridized carbons (Fsp3) is 0.389. The molecule has 0 N–H and O–H groups in total. The van der Waals surface area contributed by atoms with E-state index in [4.69, 9.17) is 4.74 Å². The van der Waals surface area contributed by atoms with Crippen LogP contribution in [0.25, 0.3) is 0 Å².